The Hall–Kier alpha value is -1.89. The van der Waals surface area contributed by atoms with Crippen LogP contribution in [0.25, 0.3) is 0 Å². The molecule has 0 aliphatic rings. The molecule has 1 aromatic heterocycles. The number of amides is 1. The second kappa shape index (κ2) is 5.86. The molecule has 1 atom stereocenters. The van der Waals surface area contributed by atoms with Gasteiger partial charge in [-0.3, -0.25) is 9.78 Å². The van der Waals surface area contributed by atoms with E-state index in [2.05, 4.69) is 10.3 Å². The standard InChI is InChI=1S/C12H15N3O/c1-9(2)11(7-13)12(16)15-8-10-3-5-14-6-4-10/h3-6,9,11H,8H2,1-2H3,(H,15,16). The molecule has 0 fully saturated rings. The van der Waals surface area contributed by atoms with Crippen molar-refractivity contribution in [2.75, 3.05) is 0 Å². The fourth-order valence-corrected chi connectivity index (χ4v) is 1.31. The zero-order valence-electron chi connectivity index (χ0n) is 9.47. The van der Waals surface area contributed by atoms with Crippen LogP contribution < -0.4 is 5.32 Å². The Morgan fingerprint density at radius 1 is 1.50 bits per heavy atom. The van der Waals surface area contributed by atoms with E-state index in [0.717, 1.165) is 5.56 Å². The molecule has 0 aliphatic carbocycles. The molecule has 16 heavy (non-hydrogen) atoms. The topological polar surface area (TPSA) is 65.8 Å². The van der Waals surface area contributed by atoms with Gasteiger partial charge in [-0.15, -0.1) is 0 Å². The minimum absolute atomic E-state index is 0.0300. The van der Waals surface area contributed by atoms with Gasteiger partial charge >= 0.3 is 0 Å². The van der Waals surface area contributed by atoms with Gasteiger partial charge in [-0.2, -0.15) is 5.26 Å². The molecule has 4 nitrogen and oxygen atoms in total. The molecule has 1 unspecified atom stereocenters. The molecular weight excluding hydrogens is 202 g/mol. The van der Waals surface area contributed by atoms with Gasteiger partial charge in [0.15, 0.2) is 0 Å². The van der Waals surface area contributed by atoms with Crippen molar-refractivity contribution < 1.29 is 4.79 Å². The second-order valence-electron chi connectivity index (χ2n) is 3.92. The second-order valence-corrected chi connectivity index (χ2v) is 3.92. The van der Waals surface area contributed by atoms with Crippen molar-refractivity contribution in [2.24, 2.45) is 11.8 Å². The summed E-state index contributed by atoms with van der Waals surface area (Å²) in [4.78, 5) is 15.5. The maximum absolute atomic E-state index is 11.6. The van der Waals surface area contributed by atoms with E-state index in [9.17, 15) is 4.79 Å². The van der Waals surface area contributed by atoms with Crippen LogP contribution in [-0.4, -0.2) is 10.9 Å². The Kier molecular flexibility index (Phi) is 4.46. The van der Waals surface area contributed by atoms with Crippen molar-refractivity contribution in [1.29, 1.82) is 5.26 Å². The molecule has 1 rings (SSSR count). The van der Waals surface area contributed by atoms with Crippen LogP contribution in [-0.2, 0) is 11.3 Å². The summed E-state index contributed by atoms with van der Waals surface area (Å²) in [6.45, 7) is 4.16. The fourth-order valence-electron chi connectivity index (χ4n) is 1.31. The monoisotopic (exact) mass is 217 g/mol. The van der Waals surface area contributed by atoms with Crippen molar-refractivity contribution in [3.63, 3.8) is 0 Å². The molecule has 0 bridgehead atoms. The molecule has 0 spiro atoms. The Morgan fingerprint density at radius 2 is 2.12 bits per heavy atom. The molecule has 1 amide bonds. The number of carbonyl (C=O) groups excluding carboxylic acids is 1. The highest BCUT2D eigenvalue weighted by molar-refractivity contribution is 5.81. The normalized spacial score (nSPS) is 11.9. The average Bonchev–Trinajstić information content (AvgIpc) is 2.28. The molecular formula is C12H15N3O. The summed E-state index contributed by atoms with van der Waals surface area (Å²) in [7, 11) is 0. The number of nitrogens with zero attached hydrogens (tertiary/aromatic N) is 2. The average molecular weight is 217 g/mol. The van der Waals surface area contributed by atoms with Gasteiger partial charge in [-0.1, -0.05) is 13.8 Å². The number of hydrogen-bond acceptors (Lipinski definition) is 3. The maximum atomic E-state index is 11.6. The van der Waals surface area contributed by atoms with Gasteiger partial charge in [-0.25, -0.2) is 0 Å². The lowest BCUT2D eigenvalue weighted by Gasteiger charge is -2.12. The first kappa shape index (κ1) is 12.2. The van der Waals surface area contributed by atoms with Crippen LogP contribution in [0, 0.1) is 23.2 Å². The Balaban J connectivity index is 2.50. The molecule has 1 heterocycles. The summed E-state index contributed by atoms with van der Waals surface area (Å²) < 4.78 is 0. The molecule has 0 radical (unpaired) electrons. The van der Waals surface area contributed by atoms with Gasteiger partial charge in [-0.05, 0) is 23.6 Å². The van der Waals surface area contributed by atoms with Gasteiger partial charge in [0.25, 0.3) is 0 Å². The summed E-state index contributed by atoms with van der Waals surface area (Å²) in [6.07, 6.45) is 3.34. The highest BCUT2D eigenvalue weighted by Crippen LogP contribution is 2.09. The van der Waals surface area contributed by atoms with Gasteiger partial charge in [0.2, 0.25) is 5.91 Å². The van der Waals surface area contributed by atoms with E-state index in [1.54, 1.807) is 12.4 Å². The van der Waals surface area contributed by atoms with Crippen LogP contribution in [0.2, 0.25) is 0 Å². The van der Waals surface area contributed by atoms with E-state index in [-0.39, 0.29) is 11.8 Å². The van der Waals surface area contributed by atoms with Crippen molar-refractivity contribution in [3.05, 3.63) is 30.1 Å². The molecule has 84 valence electrons. The van der Waals surface area contributed by atoms with Crippen LogP contribution in [0.4, 0.5) is 0 Å². The highest BCUT2D eigenvalue weighted by atomic mass is 16.1. The molecule has 1 N–H and O–H groups in total. The number of aromatic nitrogens is 1. The minimum Gasteiger partial charge on any atom is -0.351 e. The lowest BCUT2D eigenvalue weighted by Crippen LogP contribution is -2.32. The van der Waals surface area contributed by atoms with Crippen molar-refractivity contribution in [2.45, 2.75) is 20.4 Å². The third-order valence-electron chi connectivity index (χ3n) is 2.30. The first-order valence-corrected chi connectivity index (χ1v) is 5.21. The minimum atomic E-state index is -0.582. The molecule has 4 heteroatoms. The smallest absolute Gasteiger partial charge is 0.237 e. The zero-order chi connectivity index (χ0) is 12.0. The molecule has 1 aromatic rings. The van der Waals surface area contributed by atoms with Gasteiger partial charge in [0.05, 0.1) is 6.07 Å². The predicted octanol–water partition coefficient (Wildman–Crippen LogP) is 1.49. The quantitative estimate of drug-likeness (QED) is 0.831. The van der Waals surface area contributed by atoms with Gasteiger partial charge < -0.3 is 5.32 Å². The third-order valence-corrected chi connectivity index (χ3v) is 2.30. The van der Waals surface area contributed by atoms with Gasteiger partial charge in [0.1, 0.15) is 5.92 Å². The Morgan fingerprint density at radius 3 is 2.62 bits per heavy atom. The van der Waals surface area contributed by atoms with Crippen LogP contribution in [0.15, 0.2) is 24.5 Å². The summed E-state index contributed by atoms with van der Waals surface area (Å²) in [6, 6.07) is 5.67. The number of rotatable bonds is 4. The van der Waals surface area contributed by atoms with Crippen molar-refractivity contribution >= 4 is 5.91 Å². The number of hydrogen-bond donors (Lipinski definition) is 1. The zero-order valence-corrected chi connectivity index (χ0v) is 9.47. The Labute approximate surface area is 95.3 Å². The Bertz CT molecular complexity index is 381. The van der Waals surface area contributed by atoms with E-state index < -0.39 is 5.92 Å². The largest absolute Gasteiger partial charge is 0.351 e. The van der Waals surface area contributed by atoms with E-state index in [0.29, 0.717) is 6.54 Å². The van der Waals surface area contributed by atoms with E-state index in [1.807, 2.05) is 32.0 Å². The number of carbonyl (C=O) groups is 1. The first-order valence-electron chi connectivity index (χ1n) is 5.21. The summed E-state index contributed by atoms with van der Waals surface area (Å²) >= 11 is 0. The number of nitrogens with one attached hydrogen (secondary N) is 1. The van der Waals surface area contributed by atoms with Crippen LogP contribution in [0.5, 0.6) is 0 Å². The van der Waals surface area contributed by atoms with Crippen molar-refractivity contribution in [1.82, 2.24) is 10.3 Å². The third kappa shape index (κ3) is 3.35. The maximum Gasteiger partial charge on any atom is 0.237 e. The van der Waals surface area contributed by atoms with E-state index in [1.165, 1.54) is 0 Å². The molecule has 0 aromatic carbocycles. The highest BCUT2D eigenvalue weighted by Gasteiger charge is 2.20. The SMILES string of the molecule is CC(C)C(C#N)C(=O)NCc1ccncc1. The molecule has 0 saturated heterocycles. The summed E-state index contributed by atoms with van der Waals surface area (Å²) in [5, 5.41) is 11.6. The van der Waals surface area contributed by atoms with E-state index >= 15 is 0 Å². The lowest BCUT2D eigenvalue weighted by molar-refractivity contribution is -0.124. The number of nitriles is 1. The van der Waals surface area contributed by atoms with Crippen LogP contribution in [0.3, 0.4) is 0 Å². The van der Waals surface area contributed by atoms with Crippen LogP contribution in [0.1, 0.15) is 19.4 Å². The molecule has 0 aliphatic heterocycles. The van der Waals surface area contributed by atoms with E-state index in [4.69, 9.17) is 5.26 Å². The predicted molar refractivity (Wildman–Crippen MR) is 60.0 cm³/mol. The fraction of sp³-hybridized carbons (Fsp3) is 0.417. The van der Waals surface area contributed by atoms with Crippen molar-refractivity contribution in [3.8, 4) is 6.07 Å². The van der Waals surface area contributed by atoms with Crippen LogP contribution >= 0.6 is 0 Å². The lowest BCUT2D eigenvalue weighted by atomic mass is 9.96. The summed E-state index contributed by atoms with van der Waals surface area (Å²) in [5.41, 5.74) is 0.976. The summed E-state index contributed by atoms with van der Waals surface area (Å²) in [5.74, 6) is -0.765. The molecule has 0 saturated carbocycles. The number of pyridine rings is 1. The first-order chi connectivity index (χ1) is 7.65. The van der Waals surface area contributed by atoms with Gasteiger partial charge in [0, 0.05) is 18.9 Å².